The summed E-state index contributed by atoms with van der Waals surface area (Å²) in [5, 5.41) is 9.09. The number of carboxylic acid groups (broad SMARTS) is 1. The summed E-state index contributed by atoms with van der Waals surface area (Å²) in [5.41, 5.74) is 7.78. The fourth-order valence-corrected chi connectivity index (χ4v) is 1.79. The molecule has 84 valence electrons. The van der Waals surface area contributed by atoms with Crippen LogP contribution in [0.2, 0.25) is 0 Å². The lowest BCUT2D eigenvalue weighted by molar-refractivity contribution is -0.140. The van der Waals surface area contributed by atoms with E-state index in [1.807, 2.05) is 6.92 Å². The summed E-state index contributed by atoms with van der Waals surface area (Å²) < 4.78 is 1.66. The van der Waals surface area contributed by atoms with Gasteiger partial charge < -0.3 is 15.4 Å². The number of imidazole rings is 1. The summed E-state index contributed by atoms with van der Waals surface area (Å²) in [6, 6.07) is 4.70. The van der Waals surface area contributed by atoms with Crippen LogP contribution in [0.25, 0.3) is 11.0 Å². The number of nitrogens with two attached hydrogens (primary N) is 1. The van der Waals surface area contributed by atoms with Crippen molar-refractivity contribution in [3.63, 3.8) is 0 Å². The summed E-state index contributed by atoms with van der Waals surface area (Å²) in [6.45, 7) is 1.84. The van der Waals surface area contributed by atoms with E-state index in [9.17, 15) is 4.79 Å². The van der Waals surface area contributed by atoms with Gasteiger partial charge in [0.15, 0.2) is 0 Å². The van der Waals surface area contributed by atoms with Crippen molar-refractivity contribution in [3.8, 4) is 0 Å². The molecule has 1 heterocycles. The number of anilines is 1. The zero-order valence-corrected chi connectivity index (χ0v) is 8.92. The number of aliphatic carboxylic acids is 1. The van der Waals surface area contributed by atoms with Gasteiger partial charge in [-0.1, -0.05) is 6.92 Å². The SMILES string of the molecule is CCC(C(=O)O)n1cnc2cc(N)ccc21. The van der Waals surface area contributed by atoms with E-state index in [1.54, 1.807) is 29.1 Å². The molecule has 5 nitrogen and oxygen atoms in total. The Balaban J connectivity index is 2.57. The average Bonchev–Trinajstić information content (AvgIpc) is 2.62. The third-order valence-corrected chi connectivity index (χ3v) is 2.61. The first-order valence-electron chi connectivity index (χ1n) is 5.08. The summed E-state index contributed by atoms with van der Waals surface area (Å²) >= 11 is 0. The maximum Gasteiger partial charge on any atom is 0.326 e. The van der Waals surface area contributed by atoms with Gasteiger partial charge in [0.2, 0.25) is 0 Å². The van der Waals surface area contributed by atoms with Crippen molar-refractivity contribution < 1.29 is 9.90 Å². The molecular formula is C11H13N3O2. The van der Waals surface area contributed by atoms with Crippen LogP contribution in [0.15, 0.2) is 24.5 Å². The number of hydrogen-bond donors (Lipinski definition) is 2. The van der Waals surface area contributed by atoms with Gasteiger partial charge in [-0.05, 0) is 24.6 Å². The molecule has 0 saturated carbocycles. The normalized spacial score (nSPS) is 12.8. The highest BCUT2D eigenvalue weighted by Gasteiger charge is 2.18. The number of nitrogens with zero attached hydrogens (tertiary/aromatic N) is 2. The molecule has 16 heavy (non-hydrogen) atoms. The highest BCUT2D eigenvalue weighted by atomic mass is 16.4. The quantitative estimate of drug-likeness (QED) is 0.769. The molecule has 0 aliphatic carbocycles. The lowest BCUT2D eigenvalue weighted by atomic mass is 10.2. The molecule has 1 unspecified atom stereocenters. The van der Waals surface area contributed by atoms with Crippen molar-refractivity contribution in [2.75, 3.05) is 5.73 Å². The number of rotatable bonds is 3. The Hall–Kier alpha value is -2.04. The van der Waals surface area contributed by atoms with Gasteiger partial charge >= 0.3 is 5.97 Å². The van der Waals surface area contributed by atoms with E-state index in [0.29, 0.717) is 12.1 Å². The maximum atomic E-state index is 11.1. The van der Waals surface area contributed by atoms with Crippen molar-refractivity contribution in [2.45, 2.75) is 19.4 Å². The van der Waals surface area contributed by atoms with Crippen LogP contribution in [0.1, 0.15) is 19.4 Å². The summed E-state index contributed by atoms with van der Waals surface area (Å²) in [5.74, 6) is -0.848. The Morgan fingerprint density at radius 3 is 3.00 bits per heavy atom. The topological polar surface area (TPSA) is 81.1 Å². The standard InChI is InChI=1S/C11H13N3O2/c1-2-9(11(15)16)14-6-13-8-5-7(12)3-4-10(8)14/h3-6,9H,2,12H2,1H3,(H,15,16). The molecule has 1 aromatic heterocycles. The lowest BCUT2D eigenvalue weighted by Gasteiger charge is -2.12. The van der Waals surface area contributed by atoms with Crippen molar-refractivity contribution in [3.05, 3.63) is 24.5 Å². The van der Waals surface area contributed by atoms with Crippen LogP contribution in [0.3, 0.4) is 0 Å². The largest absolute Gasteiger partial charge is 0.480 e. The second-order valence-electron chi connectivity index (χ2n) is 3.66. The molecule has 5 heteroatoms. The highest BCUT2D eigenvalue weighted by Crippen LogP contribution is 2.21. The molecule has 2 rings (SSSR count). The van der Waals surface area contributed by atoms with Crippen LogP contribution in [0, 0.1) is 0 Å². The molecule has 0 aliphatic rings. The lowest BCUT2D eigenvalue weighted by Crippen LogP contribution is -2.17. The van der Waals surface area contributed by atoms with Gasteiger partial charge in [-0.25, -0.2) is 9.78 Å². The maximum absolute atomic E-state index is 11.1. The average molecular weight is 219 g/mol. The molecule has 0 radical (unpaired) electrons. The third kappa shape index (κ3) is 1.60. The molecule has 0 bridgehead atoms. The second kappa shape index (κ2) is 3.84. The molecule has 0 fully saturated rings. The predicted octanol–water partition coefficient (Wildman–Crippen LogP) is 1.65. The zero-order valence-electron chi connectivity index (χ0n) is 8.92. The van der Waals surface area contributed by atoms with Crippen LogP contribution < -0.4 is 5.73 Å². The third-order valence-electron chi connectivity index (χ3n) is 2.61. The van der Waals surface area contributed by atoms with Crippen LogP contribution in [0.5, 0.6) is 0 Å². The van der Waals surface area contributed by atoms with Crippen molar-refractivity contribution >= 4 is 22.7 Å². The van der Waals surface area contributed by atoms with Gasteiger partial charge in [0.1, 0.15) is 6.04 Å². The number of nitrogen functional groups attached to an aromatic ring is 1. The molecule has 2 aromatic rings. The van der Waals surface area contributed by atoms with Gasteiger partial charge in [-0.2, -0.15) is 0 Å². The van der Waals surface area contributed by atoms with E-state index in [-0.39, 0.29) is 0 Å². The smallest absolute Gasteiger partial charge is 0.326 e. The zero-order chi connectivity index (χ0) is 11.7. The van der Waals surface area contributed by atoms with Crippen LogP contribution in [0.4, 0.5) is 5.69 Å². The number of carboxylic acids is 1. The Morgan fingerprint density at radius 1 is 1.62 bits per heavy atom. The predicted molar refractivity (Wildman–Crippen MR) is 61.1 cm³/mol. The summed E-state index contributed by atoms with van der Waals surface area (Å²) in [7, 11) is 0. The van der Waals surface area contributed by atoms with E-state index in [0.717, 1.165) is 11.0 Å². The molecule has 1 aromatic carbocycles. The second-order valence-corrected chi connectivity index (χ2v) is 3.66. The van der Waals surface area contributed by atoms with E-state index in [1.165, 1.54) is 0 Å². The Morgan fingerprint density at radius 2 is 2.38 bits per heavy atom. The number of aromatic nitrogens is 2. The number of hydrogen-bond acceptors (Lipinski definition) is 3. The van der Waals surface area contributed by atoms with Gasteiger partial charge in [0.05, 0.1) is 17.4 Å². The first-order chi connectivity index (χ1) is 7.63. The fraction of sp³-hybridized carbons (Fsp3) is 0.273. The minimum atomic E-state index is -0.848. The van der Waals surface area contributed by atoms with Crippen molar-refractivity contribution in [1.82, 2.24) is 9.55 Å². The first kappa shape index (κ1) is 10.5. The van der Waals surface area contributed by atoms with Crippen LogP contribution >= 0.6 is 0 Å². The monoisotopic (exact) mass is 219 g/mol. The first-order valence-corrected chi connectivity index (χ1v) is 5.08. The molecule has 0 aliphatic heterocycles. The number of benzene rings is 1. The molecular weight excluding hydrogens is 206 g/mol. The number of fused-ring (bicyclic) bond motifs is 1. The fourth-order valence-electron chi connectivity index (χ4n) is 1.79. The van der Waals surface area contributed by atoms with E-state index in [4.69, 9.17) is 10.8 Å². The molecule has 0 spiro atoms. The Bertz CT molecular complexity index is 533. The van der Waals surface area contributed by atoms with Crippen molar-refractivity contribution in [2.24, 2.45) is 0 Å². The number of carbonyl (C=O) groups is 1. The van der Waals surface area contributed by atoms with Crippen molar-refractivity contribution in [1.29, 1.82) is 0 Å². The van der Waals surface area contributed by atoms with Gasteiger partial charge in [-0.3, -0.25) is 0 Å². The van der Waals surface area contributed by atoms with E-state index < -0.39 is 12.0 Å². The summed E-state index contributed by atoms with van der Waals surface area (Å²) in [6.07, 6.45) is 2.07. The minimum absolute atomic E-state index is 0.519. The Kier molecular flexibility index (Phi) is 2.52. The van der Waals surface area contributed by atoms with Crippen LogP contribution in [-0.2, 0) is 4.79 Å². The Labute approximate surface area is 92.5 Å². The van der Waals surface area contributed by atoms with E-state index >= 15 is 0 Å². The van der Waals surface area contributed by atoms with E-state index in [2.05, 4.69) is 4.98 Å². The molecule has 0 saturated heterocycles. The van der Waals surface area contributed by atoms with Gasteiger partial charge in [0.25, 0.3) is 0 Å². The van der Waals surface area contributed by atoms with Gasteiger partial charge in [0, 0.05) is 5.69 Å². The minimum Gasteiger partial charge on any atom is -0.480 e. The highest BCUT2D eigenvalue weighted by molar-refractivity contribution is 5.81. The molecule has 3 N–H and O–H groups in total. The van der Waals surface area contributed by atoms with Gasteiger partial charge in [-0.15, -0.1) is 0 Å². The summed E-state index contributed by atoms with van der Waals surface area (Å²) in [4.78, 5) is 15.2. The van der Waals surface area contributed by atoms with Crippen LogP contribution in [-0.4, -0.2) is 20.6 Å². The molecule has 1 atom stereocenters. The molecule has 0 amide bonds.